The summed E-state index contributed by atoms with van der Waals surface area (Å²) in [4.78, 5) is 12.3. The molecule has 1 N–H and O–H groups in total. The Hall–Kier alpha value is -2.88. The third kappa shape index (κ3) is 6.60. The minimum Gasteiger partial charge on any atom is -0.488 e. The molecule has 10 heteroatoms. The second-order valence-electron chi connectivity index (χ2n) is 6.02. The van der Waals surface area contributed by atoms with Gasteiger partial charge in [-0.15, -0.1) is 0 Å². The van der Waals surface area contributed by atoms with Crippen LogP contribution in [0, 0.1) is 22.7 Å². The molecule has 0 aliphatic carbocycles. The summed E-state index contributed by atoms with van der Waals surface area (Å²) >= 11 is 5.73. The number of carbonyl (C=O) groups is 1. The van der Waals surface area contributed by atoms with Crippen molar-refractivity contribution in [3.8, 4) is 17.9 Å². The molecule has 1 amide bonds. The quantitative estimate of drug-likeness (QED) is 0.646. The average molecular weight is 440 g/mol. The van der Waals surface area contributed by atoms with Gasteiger partial charge in [0.05, 0.1) is 22.7 Å². The zero-order valence-electron chi connectivity index (χ0n) is 14.9. The summed E-state index contributed by atoms with van der Waals surface area (Å²) in [5, 5.41) is 20.9. The molecule has 0 aromatic heterocycles. The van der Waals surface area contributed by atoms with E-state index in [0.717, 1.165) is 0 Å². The van der Waals surface area contributed by atoms with Gasteiger partial charge in [0.15, 0.2) is 5.54 Å². The van der Waals surface area contributed by atoms with E-state index >= 15 is 0 Å². The highest BCUT2D eigenvalue weighted by atomic mass is 35.5. The first-order chi connectivity index (χ1) is 13.5. The van der Waals surface area contributed by atoms with E-state index in [1.54, 1.807) is 0 Å². The highest BCUT2D eigenvalue weighted by molar-refractivity contribution is 8.00. The molecule has 0 radical (unpaired) electrons. The van der Waals surface area contributed by atoms with Crippen molar-refractivity contribution in [2.24, 2.45) is 0 Å². The Morgan fingerprint density at radius 1 is 1.21 bits per heavy atom. The van der Waals surface area contributed by atoms with Crippen molar-refractivity contribution < 1.29 is 22.7 Å². The fraction of sp³-hybridized carbons (Fsp3) is 0.211. The maximum atomic E-state index is 12.4. The topological polar surface area (TPSA) is 85.9 Å². The van der Waals surface area contributed by atoms with Crippen LogP contribution in [0.2, 0.25) is 5.02 Å². The van der Waals surface area contributed by atoms with Gasteiger partial charge in [0.25, 0.3) is 5.91 Å². The highest BCUT2D eigenvalue weighted by Gasteiger charge is 2.30. The van der Waals surface area contributed by atoms with Crippen LogP contribution in [0.25, 0.3) is 0 Å². The van der Waals surface area contributed by atoms with Gasteiger partial charge in [0, 0.05) is 10.5 Å². The number of ether oxygens (including phenoxy) is 1. The third-order valence-corrected chi connectivity index (χ3v) is 4.60. The molecule has 5 nitrogen and oxygen atoms in total. The van der Waals surface area contributed by atoms with E-state index < -0.39 is 17.0 Å². The van der Waals surface area contributed by atoms with E-state index in [9.17, 15) is 23.2 Å². The fourth-order valence-electron chi connectivity index (χ4n) is 2.14. The predicted molar refractivity (Wildman–Crippen MR) is 102 cm³/mol. The van der Waals surface area contributed by atoms with Gasteiger partial charge in [-0.3, -0.25) is 4.79 Å². The summed E-state index contributed by atoms with van der Waals surface area (Å²) in [7, 11) is 0. The van der Waals surface area contributed by atoms with Gasteiger partial charge in [-0.2, -0.15) is 23.7 Å². The maximum absolute atomic E-state index is 12.4. The first-order valence-electron chi connectivity index (χ1n) is 7.97. The van der Waals surface area contributed by atoms with E-state index in [1.165, 1.54) is 49.4 Å². The highest BCUT2D eigenvalue weighted by Crippen LogP contribution is 2.36. The van der Waals surface area contributed by atoms with Crippen LogP contribution in [-0.2, 0) is 0 Å². The maximum Gasteiger partial charge on any atom is 0.446 e. The molecule has 2 aromatic rings. The molecule has 1 unspecified atom stereocenters. The zero-order chi connectivity index (χ0) is 21.7. The van der Waals surface area contributed by atoms with Gasteiger partial charge in [-0.25, -0.2) is 0 Å². The summed E-state index contributed by atoms with van der Waals surface area (Å²) in [6, 6.07) is 13.0. The van der Waals surface area contributed by atoms with E-state index in [2.05, 4.69) is 5.32 Å². The Bertz CT molecular complexity index is 984. The molecular weight excluding hydrogens is 427 g/mol. The number of nitriles is 2. The fourth-order valence-corrected chi connectivity index (χ4v) is 2.91. The number of benzene rings is 2. The number of carbonyl (C=O) groups excluding carboxylic acids is 1. The first-order valence-corrected chi connectivity index (χ1v) is 9.17. The van der Waals surface area contributed by atoms with Crippen LogP contribution in [0.1, 0.15) is 22.8 Å². The molecule has 2 rings (SSSR count). The largest absolute Gasteiger partial charge is 0.488 e. The number of hydrogen-bond donors (Lipinski definition) is 1. The van der Waals surface area contributed by atoms with Crippen molar-refractivity contribution in [1.82, 2.24) is 5.32 Å². The summed E-state index contributed by atoms with van der Waals surface area (Å²) in [6.07, 6.45) is 0. The summed E-state index contributed by atoms with van der Waals surface area (Å²) < 4.78 is 42.6. The lowest BCUT2D eigenvalue weighted by atomic mass is 10.1. The molecule has 1 atom stereocenters. The van der Waals surface area contributed by atoms with E-state index in [-0.39, 0.29) is 39.6 Å². The van der Waals surface area contributed by atoms with E-state index in [1.807, 2.05) is 12.1 Å². The third-order valence-electron chi connectivity index (χ3n) is 3.56. The Morgan fingerprint density at radius 3 is 2.38 bits per heavy atom. The number of alkyl halides is 3. The van der Waals surface area contributed by atoms with Gasteiger partial charge in [-0.05, 0) is 61.2 Å². The summed E-state index contributed by atoms with van der Waals surface area (Å²) in [5.41, 5.74) is -5.43. The second kappa shape index (κ2) is 9.08. The molecule has 2 aromatic carbocycles. The van der Waals surface area contributed by atoms with Crippen molar-refractivity contribution >= 4 is 29.3 Å². The smallest absolute Gasteiger partial charge is 0.446 e. The Labute approximate surface area is 174 Å². The molecular formula is C19H13ClF3N3O2S. The van der Waals surface area contributed by atoms with Crippen LogP contribution in [-0.4, -0.2) is 23.6 Å². The molecule has 0 aliphatic rings. The summed E-state index contributed by atoms with van der Waals surface area (Å²) in [5.74, 6) is -0.415. The van der Waals surface area contributed by atoms with Crippen molar-refractivity contribution in [2.75, 3.05) is 6.61 Å². The molecule has 0 heterocycles. The Balaban J connectivity index is 2.05. The monoisotopic (exact) mass is 439 g/mol. The molecule has 150 valence electrons. The van der Waals surface area contributed by atoms with Crippen LogP contribution in [0.3, 0.4) is 0 Å². The second-order valence-corrected chi connectivity index (χ2v) is 7.56. The van der Waals surface area contributed by atoms with Gasteiger partial charge in [0.2, 0.25) is 0 Å². The lowest BCUT2D eigenvalue weighted by Gasteiger charge is -2.24. The number of rotatable bonds is 6. The van der Waals surface area contributed by atoms with Crippen LogP contribution in [0.15, 0.2) is 47.4 Å². The molecule has 0 fully saturated rings. The number of halogens is 4. The lowest BCUT2D eigenvalue weighted by molar-refractivity contribution is -0.0328. The lowest BCUT2D eigenvalue weighted by Crippen LogP contribution is -2.49. The van der Waals surface area contributed by atoms with Crippen molar-refractivity contribution in [1.29, 1.82) is 10.5 Å². The van der Waals surface area contributed by atoms with Crippen LogP contribution in [0.4, 0.5) is 13.2 Å². The van der Waals surface area contributed by atoms with Gasteiger partial charge >= 0.3 is 5.51 Å². The molecule has 0 saturated heterocycles. The van der Waals surface area contributed by atoms with Gasteiger partial charge < -0.3 is 10.1 Å². The van der Waals surface area contributed by atoms with Crippen LogP contribution in [0.5, 0.6) is 5.75 Å². The van der Waals surface area contributed by atoms with Crippen LogP contribution >= 0.6 is 23.4 Å². The summed E-state index contributed by atoms with van der Waals surface area (Å²) in [6.45, 7) is 1.18. The number of thioether (sulfide) groups is 1. The van der Waals surface area contributed by atoms with E-state index in [0.29, 0.717) is 5.56 Å². The van der Waals surface area contributed by atoms with Gasteiger partial charge in [0.1, 0.15) is 12.4 Å². The average Bonchev–Trinajstić information content (AvgIpc) is 2.66. The SMILES string of the molecule is CC(C#N)(COc1ccc(C#N)cc1Cl)NC(=O)c1ccc(SC(F)(F)F)cc1. The number of nitrogens with zero attached hydrogens (tertiary/aromatic N) is 2. The number of nitrogens with one attached hydrogen (secondary N) is 1. The molecule has 29 heavy (non-hydrogen) atoms. The van der Waals surface area contributed by atoms with Crippen molar-refractivity contribution in [3.05, 3.63) is 58.6 Å². The molecule has 0 aliphatic heterocycles. The van der Waals surface area contributed by atoms with Gasteiger partial charge in [-0.1, -0.05) is 11.6 Å². The Kier molecular flexibility index (Phi) is 7.02. The predicted octanol–water partition coefficient (Wildman–Crippen LogP) is 4.91. The minimum atomic E-state index is -4.42. The minimum absolute atomic E-state index is 0.0594. The number of hydrogen-bond acceptors (Lipinski definition) is 5. The Morgan fingerprint density at radius 2 is 1.86 bits per heavy atom. The van der Waals surface area contributed by atoms with E-state index in [4.69, 9.17) is 21.6 Å². The van der Waals surface area contributed by atoms with Crippen LogP contribution < -0.4 is 10.1 Å². The zero-order valence-corrected chi connectivity index (χ0v) is 16.5. The van der Waals surface area contributed by atoms with Crippen molar-refractivity contribution in [3.63, 3.8) is 0 Å². The molecule has 0 spiro atoms. The molecule has 0 saturated carbocycles. The first kappa shape index (κ1) is 22.4. The normalized spacial score (nSPS) is 12.9. The van der Waals surface area contributed by atoms with Crippen molar-refractivity contribution in [2.45, 2.75) is 22.9 Å². The standard InChI is InChI=1S/C19H13ClF3N3O2S/c1-18(10-25,11-28-16-7-2-12(9-24)8-15(16)20)26-17(27)13-3-5-14(6-4-13)29-19(21,22)23/h2-8H,11H2,1H3,(H,26,27). The molecule has 0 bridgehead atoms. The number of amides is 1.